The van der Waals surface area contributed by atoms with Gasteiger partial charge in [0.1, 0.15) is 13.2 Å². The van der Waals surface area contributed by atoms with Crippen molar-refractivity contribution in [1.29, 1.82) is 0 Å². The zero-order chi connectivity index (χ0) is 11.0. The molecular formula is C10H11NO4P+. The van der Waals surface area contributed by atoms with Gasteiger partial charge in [-0.1, -0.05) is 18.2 Å². The van der Waals surface area contributed by atoms with E-state index in [4.69, 9.17) is 13.6 Å². The fraction of sp³-hybridized carbons (Fsp3) is 0.300. The summed E-state index contributed by atoms with van der Waals surface area (Å²) >= 11 is 0. The molecule has 1 aromatic rings. The summed E-state index contributed by atoms with van der Waals surface area (Å²) in [6.07, 6.45) is 0. The Morgan fingerprint density at radius 2 is 1.81 bits per heavy atom. The van der Waals surface area contributed by atoms with Gasteiger partial charge in [0.25, 0.3) is 0 Å². The predicted octanol–water partition coefficient (Wildman–Crippen LogP) is 1.77. The number of carbonyl (C=O) groups excluding carboxylic acids is 1. The van der Waals surface area contributed by atoms with E-state index in [2.05, 4.69) is 0 Å². The Morgan fingerprint density at radius 3 is 2.50 bits per heavy atom. The first-order valence-corrected chi connectivity index (χ1v) is 6.53. The molecule has 1 aromatic carbocycles. The lowest BCUT2D eigenvalue weighted by Gasteiger charge is -2.18. The number of benzene rings is 1. The molecule has 0 bridgehead atoms. The number of para-hydroxylation sites is 1. The Morgan fingerprint density at radius 1 is 1.12 bits per heavy atom. The smallest absolute Gasteiger partial charge is 0.245 e. The van der Waals surface area contributed by atoms with Crippen LogP contribution in [0.5, 0.6) is 0 Å². The minimum atomic E-state index is -2.60. The van der Waals surface area contributed by atoms with Crippen LogP contribution in [0.15, 0.2) is 30.3 Å². The van der Waals surface area contributed by atoms with Crippen LogP contribution in [0.25, 0.3) is 0 Å². The highest BCUT2D eigenvalue weighted by Crippen LogP contribution is 2.71. The number of rotatable bonds is 1. The van der Waals surface area contributed by atoms with Gasteiger partial charge in [-0.05, 0) is 12.1 Å². The van der Waals surface area contributed by atoms with Crippen LogP contribution in [0, 0.1) is 0 Å². The van der Waals surface area contributed by atoms with Gasteiger partial charge < -0.3 is 0 Å². The van der Waals surface area contributed by atoms with Crippen LogP contribution >= 0.6 is 8.09 Å². The van der Waals surface area contributed by atoms with Gasteiger partial charge in [0.05, 0.1) is 5.69 Å². The van der Waals surface area contributed by atoms with E-state index >= 15 is 0 Å². The van der Waals surface area contributed by atoms with Crippen molar-refractivity contribution in [2.24, 2.45) is 0 Å². The highest BCUT2D eigenvalue weighted by atomic mass is 31.2. The standard InChI is InChI=1S/C10H11NO4P/c12-10-8-11(9-4-2-1-3-5-9)16(15-10)13-6-7-14-16/h1-5H,6-8H2/q+1. The molecule has 2 fully saturated rings. The van der Waals surface area contributed by atoms with Gasteiger partial charge in [-0.3, -0.25) is 0 Å². The normalized spacial score (nSPS) is 22.8. The van der Waals surface area contributed by atoms with Gasteiger partial charge in [0, 0.05) is 0 Å². The number of hydrogen-bond acceptors (Lipinski definition) is 5. The molecule has 16 heavy (non-hydrogen) atoms. The molecule has 0 aromatic heterocycles. The molecule has 0 unspecified atom stereocenters. The van der Waals surface area contributed by atoms with Gasteiger partial charge in [-0.25, -0.2) is 9.32 Å². The molecule has 0 atom stereocenters. The quantitative estimate of drug-likeness (QED) is 0.700. The van der Waals surface area contributed by atoms with Crippen molar-refractivity contribution in [3.8, 4) is 0 Å². The molecule has 2 heterocycles. The summed E-state index contributed by atoms with van der Waals surface area (Å²) in [4.78, 5) is 11.4. The first-order chi connectivity index (χ1) is 7.80. The van der Waals surface area contributed by atoms with Crippen molar-refractivity contribution < 1.29 is 18.4 Å². The fourth-order valence-electron chi connectivity index (χ4n) is 1.78. The number of nitrogens with zero attached hydrogens (tertiary/aromatic N) is 1. The maximum Gasteiger partial charge on any atom is 0.579 e. The Labute approximate surface area is 93.5 Å². The van der Waals surface area contributed by atoms with Crippen molar-refractivity contribution in [3.63, 3.8) is 0 Å². The Kier molecular flexibility index (Phi) is 2.32. The van der Waals surface area contributed by atoms with Crippen molar-refractivity contribution in [1.82, 2.24) is 0 Å². The summed E-state index contributed by atoms with van der Waals surface area (Å²) in [5, 5.41) is 0. The summed E-state index contributed by atoms with van der Waals surface area (Å²) in [5.41, 5.74) is 0.892. The van der Waals surface area contributed by atoms with Crippen LogP contribution in [0.2, 0.25) is 0 Å². The van der Waals surface area contributed by atoms with Gasteiger partial charge in [-0.15, -0.1) is 9.05 Å². The molecule has 84 valence electrons. The highest BCUT2D eigenvalue weighted by Gasteiger charge is 2.65. The van der Waals surface area contributed by atoms with E-state index in [0.717, 1.165) is 5.69 Å². The molecule has 0 amide bonds. The average molecular weight is 240 g/mol. The number of carbonyl (C=O) groups is 1. The summed E-state index contributed by atoms with van der Waals surface area (Å²) in [6.45, 7) is 1.15. The second kappa shape index (κ2) is 3.70. The average Bonchev–Trinajstić information content (AvgIpc) is 2.89. The van der Waals surface area contributed by atoms with Crippen LogP contribution in [0.1, 0.15) is 0 Å². The van der Waals surface area contributed by atoms with E-state index in [1.807, 2.05) is 30.3 Å². The molecule has 2 aliphatic heterocycles. The summed E-state index contributed by atoms with van der Waals surface area (Å²) < 4.78 is 18.0. The fourth-order valence-corrected chi connectivity index (χ4v) is 3.97. The first-order valence-electron chi connectivity index (χ1n) is 5.04. The maximum absolute atomic E-state index is 11.4. The minimum Gasteiger partial charge on any atom is -0.245 e. The monoisotopic (exact) mass is 240 g/mol. The third-order valence-corrected chi connectivity index (χ3v) is 4.85. The first kappa shape index (κ1) is 10.0. The van der Waals surface area contributed by atoms with E-state index in [9.17, 15) is 4.79 Å². The lowest BCUT2D eigenvalue weighted by Crippen LogP contribution is -2.19. The van der Waals surface area contributed by atoms with E-state index in [0.29, 0.717) is 13.2 Å². The van der Waals surface area contributed by atoms with Crippen molar-refractivity contribution in [2.45, 2.75) is 0 Å². The van der Waals surface area contributed by atoms with Crippen LogP contribution in [0.4, 0.5) is 5.69 Å². The minimum absolute atomic E-state index is 0.192. The lowest BCUT2D eigenvalue weighted by molar-refractivity contribution is -0.131. The third-order valence-electron chi connectivity index (χ3n) is 2.44. The molecule has 0 aliphatic carbocycles. The van der Waals surface area contributed by atoms with E-state index in [-0.39, 0.29) is 12.5 Å². The number of anilines is 1. The Hall–Kier alpha value is -1.16. The SMILES string of the molecule is O=C1CN(c2ccccc2)[P+]2(OCCO2)O1. The molecule has 3 rings (SSSR count). The van der Waals surface area contributed by atoms with Crippen LogP contribution in [-0.4, -0.2) is 25.7 Å². The van der Waals surface area contributed by atoms with Crippen molar-refractivity contribution in [3.05, 3.63) is 30.3 Å². The van der Waals surface area contributed by atoms with Gasteiger partial charge in [0.15, 0.2) is 6.54 Å². The summed E-state index contributed by atoms with van der Waals surface area (Å²) in [5.74, 6) is -0.293. The maximum atomic E-state index is 11.4. The predicted molar refractivity (Wildman–Crippen MR) is 58.7 cm³/mol. The highest BCUT2D eigenvalue weighted by molar-refractivity contribution is 7.64. The molecular weight excluding hydrogens is 229 g/mol. The molecule has 5 nitrogen and oxygen atoms in total. The van der Waals surface area contributed by atoms with Crippen LogP contribution in [0.3, 0.4) is 0 Å². The molecule has 2 saturated heterocycles. The van der Waals surface area contributed by atoms with Crippen LogP contribution < -0.4 is 4.67 Å². The largest absolute Gasteiger partial charge is 0.579 e. The molecule has 6 heteroatoms. The lowest BCUT2D eigenvalue weighted by atomic mass is 10.3. The second-order valence-electron chi connectivity index (χ2n) is 3.49. The third kappa shape index (κ3) is 1.48. The molecule has 1 spiro atoms. The second-order valence-corrected chi connectivity index (χ2v) is 5.61. The molecule has 0 N–H and O–H groups in total. The summed E-state index contributed by atoms with van der Waals surface area (Å²) in [6, 6.07) is 9.56. The zero-order valence-electron chi connectivity index (χ0n) is 8.54. The molecule has 2 aliphatic rings. The molecule has 0 saturated carbocycles. The van der Waals surface area contributed by atoms with E-state index in [1.54, 1.807) is 4.67 Å². The van der Waals surface area contributed by atoms with Crippen LogP contribution in [-0.2, 0) is 18.4 Å². The molecule has 0 radical (unpaired) electrons. The topological polar surface area (TPSA) is 48.0 Å². The number of hydrogen-bond donors (Lipinski definition) is 0. The Bertz CT molecular complexity index is 405. The van der Waals surface area contributed by atoms with E-state index in [1.165, 1.54) is 0 Å². The van der Waals surface area contributed by atoms with Gasteiger partial charge in [-0.2, -0.15) is 4.67 Å². The van der Waals surface area contributed by atoms with Crippen molar-refractivity contribution >= 4 is 19.8 Å². The Balaban J connectivity index is 1.96. The van der Waals surface area contributed by atoms with E-state index < -0.39 is 8.09 Å². The van der Waals surface area contributed by atoms with Gasteiger partial charge in [0.2, 0.25) is 0 Å². The summed E-state index contributed by atoms with van der Waals surface area (Å²) in [7, 11) is -2.60. The zero-order valence-corrected chi connectivity index (χ0v) is 9.43. The van der Waals surface area contributed by atoms with Crippen molar-refractivity contribution in [2.75, 3.05) is 24.4 Å². The van der Waals surface area contributed by atoms with Gasteiger partial charge >= 0.3 is 14.1 Å².